The van der Waals surface area contributed by atoms with Crippen LogP contribution in [0.1, 0.15) is 64.2 Å². The van der Waals surface area contributed by atoms with Gasteiger partial charge < -0.3 is 30.5 Å². The lowest BCUT2D eigenvalue weighted by Gasteiger charge is -2.43. The molecule has 5 fully saturated rings. The van der Waals surface area contributed by atoms with E-state index in [0.29, 0.717) is 67.3 Å². The smallest absolute Gasteiger partial charge is 0.253 e. The van der Waals surface area contributed by atoms with Crippen molar-refractivity contribution in [1.82, 2.24) is 25.5 Å². The van der Waals surface area contributed by atoms with Gasteiger partial charge in [-0.3, -0.25) is 29.4 Å². The Morgan fingerprint density at radius 3 is 2.34 bits per heavy atom. The number of carbonyl (C=O) groups excluding carboxylic acids is 4. The molecular formula is C42H51F2N9O5. The van der Waals surface area contributed by atoms with Crippen molar-refractivity contribution < 1.29 is 32.7 Å². The first kappa shape index (κ1) is 39.6. The number of nitrogens with one attached hydrogen (secondary N) is 4. The molecule has 4 N–H and O–H groups in total. The van der Waals surface area contributed by atoms with Crippen LogP contribution < -0.4 is 31.1 Å². The van der Waals surface area contributed by atoms with E-state index >= 15 is 4.39 Å². The lowest BCUT2D eigenvalue weighted by molar-refractivity contribution is -0.133. The standard InChI is InChI=1S/C42H51F2N9O5/c43-33-23-30(46-35-13-15-37(54)49-41(35)57)10-14-36(33)52-18-16-51(17-19-52)31-11-8-28(9-12-31)47-40(56)26-4-6-29(7-5-26)48-42-45-24-34(44)39(50-42)27-2-1-3-32(22-27)53-20-21-58-25-38(53)55/h1-3,10,14,22-24,26,28-29,31,35,46H,4-9,11-13,15-21,25H2,(H,47,56)(H,45,48,50)(H,49,54,57)/t26-,28-,29-,31-,35?. The summed E-state index contributed by atoms with van der Waals surface area (Å²) in [6, 6.07) is 12.2. The van der Waals surface area contributed by atoms with E-state index in [1.54, 1.807) is 35.2 Å². The van der Waals surface area contributed by atoms with E-state index in [1.807, 2.05) is 6.07 Å². The van der Waals surface area contributed by atoms with Crippen molar-refractivity contribution in [1.29, 1.82) is 0 Å². The molecule has 0 bridgehead atoms. The van der Waals surface area contributed by atoms with Crippen molar-refractivity contribution in [2.75, 3.05) is 66.4 Å². The predicted molar refractivity (Wildman–Crippen MR) is 214 cm³/mol. The van der Waals surface area contributed by atoms with Crippen LogP contribution in [0.25, 0.3) is 11.3 Å². The van der Waals surface area contributed by atoms with E-state index < -0.39 is 11.9 Å². The Labute approximate surface area is 336 Å². The molecule has 5 aliphatic rings. The van der Waals surface area contributed by atoms with Gasteiger partial charge in [-0.2, -0.15) is 0 Å². The van der Waals surface area contributed by atoms with Crippen LogP contribution in [0, 0.1) is 17.6 Å². The third kappa shape index (κ3) is 9.23. The number of hydrogen-bond acceptors (Lipinski definition) is 11. The lowest BCUT2D eigenvalue weighted by atomic mass is 9.84. The molecular weight excluding hydrogens is 749 g/mol. The minimum Gasteiger partial charge on any atom is -0.374 e. The highest BCUT2D eigenvalue weighted by Crippen LogP contribution is 2.32. The number of carbonyl (C=O) groups is 4. The Kier molecular flexibility index (Phi) is 12.1. The fraction of sp³-hybridized carbons (Fsp3) is 0.524. The van der Waals surface area contributed by atoms with Crippen LogP contribution in [0.5, 0.6) is 0 Å². The average Bonchev–Trinajstić information content (AvgIpc) is 3.23. The summed E-state index contributed by atoms with van der Waals surface area (Å²) in [4.78, 5) is 64.2. The molecule has 16 heteroatoms. The number of ether oxygens (including phenoxy) is 1. The Hall–Kier alpha value is -5.22. The van der Waals surface area contributed by atoms with Gasteiger partial charge in [-0.25, -0.2) is 18.7 Å². The highest BCUT2D eigenvalue weighted by Gasteiger charge is 2.33. The zero-order valence-corrected chi connectivity index (χ0v) is 32.6. The number of hydrogen-bond donors (Lipinski definition) is 4. The van der Waals surface area contributed by atoms with Gasteiger partial charge >= 0.3 is 0 Å². The zero-order valence-electron chi connectivity index (χ0n) is 32.6. The molecule has 58 heavy (non-hydrogen) atoms. The van der Waals surface area contributed by atoms with Crippen LogP contribution >= 0.6 is 0 Å². The van der Waals surface area contributed by atoms with Crippen LogP contribution in [0.3, 0.4) is 0 Å². The summed E-state index contributed by atoms with van der Waals surface area (Å²) in [7, 11) is 0. The van der Waals surface area contributed by atoms with Crippen LogP contribution in [-0.2, 0) is 23.9 Å². The van der Waals surface area contributed by atoms with Crippen molar-refractivity contribution in [2.24, 2.45) is 5.92 Å². The first-order chi connectivity index (χ1) is 28.2. The summed E-state index contributed by atoms with van der Waals surface area (Å²) in [5.41, 5.74) is 2.44. The molecule has 8 rings (SSSR count). The van der Waals surface area contributed by atoms with Crippen LogP contribution in [0.2, 0.25) is 0 Å². The maximum absolute atomic E-state index is 15.2. The Morgan fingerprint density at radius 2 is 1.60 bits per heavy atom. The first-order valence-electron chi connectivity index (χ1n) is 20.6. The molecule has 1 atom stereocenters. The summed E-state index contributed by atoms with van der Waals surface area (Å²) >= 11 is 0. The van der Waals surface area contributed by atoms with E-state index in [2.05, 4.69) is 41.0 Å². The predicted octanol–water partition coefficient (Wildman–Crippen LogP) is 4.22. The van der Waals surface area contributed by atoms with Gasteiger partial charge in [0, 0.05) is 80.1 Å². The fourth-order valence-corrected chi connectivity index (χ4v) is 9.05. The van der Waals surface area contributed by atoms with Gasteiger partial charge in [0.2, 0.25) is 23.7 Å². The van der Waals surface area contributed by atoms with Gasteiger partial charge in [-0.1, -0.05) is 12.1 Å². The molecule has 2 saturated carbocycles. The molecule has 4 amide bonds. The molecule has 2 aliphatic carbocycles. The van der Waals surface area contributed by atoms with E-state index in [-0.39, 0.29) is 66.2 Å². The maximum atomic E-state index is 15.2. The van der Waals surface area contributed by atoms with Crippen LogP contribution in [-0.4, -0.2) is 109 Å². The first-order valence-corrected chi connectivity index (χ1v) is 20.6. The molecule has 4 heterocycles. The summed E-state index contributed by atoms with van der Waals surface area (Å²) in [6.45, 7) is 4.00. The minimum atomic E-state index is -0.562. The quantitative estimate of drug-likeness (QED) is 0.218. The van der Waals surface area contributed by atoms with E-state index in [1.165, 1.54) is 12.3 Å². The second-order valence-electron chi connectivity index (χ2n) is 16.1. The minimum absolute atomic E-state index is 0.0205. The number of aromatic nitrogens is 2. The van der Waals surface area contributed by atoms with Crippen LogP contribution in [0.15, 0.2) is 48.7 Å². The lowest BCUT2D eigenvalue weighted by Crippen LogP contribution is -2.52. The number of amides is 4. The topological polar surface area (TPSA) is 161 Å². The molecule has 14 nitrogen and oxygen atoms in total. The molecule has 3 aromatic rings. The monoisotopic (exact) mass is 799 g/mol. The number of rotatable bonds is 10. The van der Waals surface area contributed by atoms with Gasteiger partial charge in [0.15, 0.2) is 5.82 Å². The SMILES string of the molecule is O=C1CCC(Nc2ccc(N3CCN([C@H]4CC[C@H](NC(=O)[C@H]5CC[C@H](Nc6ncc(F)c(-c7cccc(N8CCOCC8=O)c7)n6)CC5)CC4)CC3)c(F)c2)C(=O)N1. The zero-order chi connectivity index (χ0) is 40.2. The number of halogens is 2. The second kappa shape index (κ2) is 17.7. The Bertz CT molecular complexity index is 2000. The van der Waals surface area contributed by atoms with Gasteiger partial charge in [0.25, 0.3) is 5.91 Å². The van der Waals surface area contributed by atoms with Crippen molar-refractivity contribution >= 4 is 46.6 Å². The van der Waals surface area contributed by atoms with E-state index in [9.17, 15) is 23.6 Å². The number of benzene rings is 2. The van der Waals surface area contributed by atoms with Crippen LogP contribution in [0.4, 0.5) is 31.8 Å². The maximum Gasteiger partial charge on any atom is 0.253 e. The average molecular weight is 800 g/mol. The highest BCUT2D eigenvalue weighted by atomic mass is 19.1. The molecule has 1 unspecified atom stereocenters. The largest absolute Gasteiger partial charge is 0.374 e. The third-order valence-electron chi connectivity index (χ3n) is 12.3. The van der Waals surface area contributed by atoms with Crippen molar-refractivity contribution in [2.45, 2.75) is 88.4 Å². The number of morpholine rings is 1. The molecule has 0 spiro atoms. The fourth-order valence-electron chi connectivity index (χ4n) is 9.05. The summed E-state index contributed by atoms with van der Waals surface area (Å²) in [5.74, 6) is -1.31. The van der Waals surface area contributed by atoms with Gasteiger partial charge in [-0.15, -0.1) is 0 Å². The molecule has 3 aliphatic heterocycles. The number of imide groups is 1. The normalized spacial score (nSPS) is 25.9. The van der Waals surface area contributed by atoms with E-state index in [0.717, 1.165) is 64.5 Å². The second-order valence-corrected chi connectivity index (χ2v) is 16.1. The van der Waals surface area contributed by atoms with Gasteiger partial charge in [-0.05, 0) is 88.1 Å². The number of piperazine rings is 1. The Morgan fingerprint density at radius 1 is 0.828 bits per heavy atom. The highest BCUT2D eigenvalue weighted by molar-refractivity contribution is 6.01. The third-order valence-corrected chi connectivity index (χ3v) is 12.3. The van der Waals surface area contributed by atoms with Gasteiger partial charge in [0.05, 0.1) is 18.5 Å². The van der Waals surface area contributed by atoms with Crippen molar-refractivity contribution in [3.8, 4) is 11.3 Å². The number of piperidine rings is 1. The number of nitrogens with zero attached hydrogens (tertiary/aromatic N) is 5. The summed E-state index contributed by atoms with van der Waals surface area (Å²) in [5, 5.41) is 12.1. The van der Waals surface area contributed by atoms with Crippen molar-refractivity contribution in [3.63, 3.8) is 0 Å². The molecule has 3 saturated heterocycles. The summed E-state index contributed by atoms with van der Waals surface area (Å²) < 4.78 is 35.4. The molecule has 0 radical (unpaired) electrons. The van der Waals surface area contributed by atoms with E-state index in [4.69, 9.17) is 4.74 Å². The molecule has 2 aromatic carbocycles. The molecule has 308 valence electrons. The van der Waals surface area contributed by atoms with Gasteiger partial charge in [0.1, 0.15) is 24.2 Å². The molecule has 1 aromatic heterocycles. The van der Waals surface area contributed by atoms with Crippen molar-refractivity contribution in [3.05, 3.63) is 60.3 Å². The summed E-state index contributed by atoms with van der Waals surface area (Å²) in [6.07, 6.45) is 8.70. The Balaban J connectivity index is 0.754. The number of anilines is 4.